The summed E-state index contributed by atoms with van der Waals surface area (Å²) in [5.74, 6) is 2.28. The first kappa shape index (κ1) is 18.0. The Kier molecular flexibility index (Phi) is 5.32. The number of carbonyl (C=O) groups is 1. The standard InChI is InChI=1S/C21H24ClNO2S/c22-17-7-5-16(6-8-17)21(10-1-2-11-21)20(24)23-12-9-19(26-15-13-23)18-4-3-14-25-18/h3-8,14,19H,1-2,9-13,15H2/t19-/m0/s1. The van der Waals surface area contributed by atoms with Gasteiger partial charge < -0.3 is 9.32 Å². The van der Waals surface area contributed by atoms with E-state index in [0.717, 1.165) is 67.3 Å². The first-order chi connectivity index (χ1) is 12.7. The van der Waals surface area contributed by atoms with Gasteiger partial charge in [0.25, 0.3) is 0 Å². The largest absolute Gasteiger partial charge is 0.468 e. The lowest BCUT2D eigenvalue weighted by Crippen LogP contribution is -2.46. The summed E-state index contributed by atoms with van der Waals surface area (Å²) in [5, 5.41) is 1.07. The number of halogens is 1. The number of hydrogen-bond donors (Lipinski definition) is 0. The van der Waals surface area contributed by atoms with Crippen LogP contribution in [0.3, 0.4) is 0 Å². The molecule has 0 N–H and O–H groups in total. The molecule has 1 saturated carbocycles. The fourth-order valence-electron chi connectivity index (χ4n) is 4.35. The monoisotopic (exact) mass is 389 g/mol. The Morgan fingerprint density at radius 1 is 1.15 bits per heavy atom. The van der Waals surface area contributed by atoms with Gasteiger partial charge in [-0.05, 0) is 49.1 Å². The van der Waals surface area contributed by atoms with Crippen molar-refractivity contribution < 1.29 is 9.21 Å². The molecule has 3 nitrogen and oxygen atoms in total. The zero-order valence-electron chi connectivity index (χ0n) is 14.8. The number of benzene rings is 1. The Balaban J connectivity index is 1.54. The molecule has 1 aliphatic heterocycles. The van der Waals surface area contributed by atoms with Crippen molar-refractivity contribution in [1.82, 2.24) is 4.90 Å². The summed E-state index contributed by atoms with van der Waals surface area (Å²) in [7, 11) is 0. The van der Waals surface area contributed by atoms with Gasteiger partial charge in [0, 0.05) is 23.9 Å². The van der Waals surface area contributed by atoms with Gasteiger partial charge in [-0.15, -0.1) is 11.8 Å². The maximum atomic E-state index is 13.6. The van der Waals surface area contributed by atoms with E-state index >= 15 is 0 Å². The molecule has 2 aliphatic rings. The van der Waals surface area contributed by atoms with Crippen molar-refractivity contribution in [2.75, 3.05) is 18.8 Å². The molecule has 2 aromatic rings. The lowest BCUT2D eigenvalue weighted by molar-refractivity contribution is -0.137. The molecular weight excluding hydrogens is 366 g/mol. The lowest BCUT2D eigenvalue weighted by Gasteiger charge is -2.34. The van der Waals surface area contributed by atoms with Crippen LogP contribution >= 0.6 is 23.4 Å². The number of rotatable bonds is 3. The second-order valence-electron chi connectivity index (χ2n) is 7.25. The molecule has 138 valence electrons. The van der Waals surface area contributed by atoms with Crippen LogP contribution in [0.15, 0.2) is 47.1 Å². The van der Waals surface area contributed by atoms with Gasteiger partial charge in [-0.25, -0.2) is 0 Å². The fourth-order valence-corrected chi connectivity index (χ4v) is 5.66. The van der Waals surface area contributed by atoms with Gasteiger partial charge in [-0.3, -0.25) is 4.79 Å². The normalized spacial score (nSPS) is 23.0. The van der Waals surface area contributed by atoms with Crippen molar-refractivity contribution in [3.8, 4) is 0 Å². The van der Waals surface area contributed by atoms with Gasteiger partial charge in [0.05, 0.1) is 16.9 Å². The van der Waals surface area contributed by atoms with Crippen molar-refractivity contribution in [3.63, 3.8) is 0 Å². The van der Waals surface area contributed by atoms with Gasteiger partial charge in [-0.2, -0.15) is 0 Å². The van der Waals surface area contributed by atoms with Crippen LogP contribution in [0.25, 0.3) is 0 Å². The van der Waals surface area contributed by atoms with E-state index in [-0.39, 0.29) is 5.41 Å². The van der Waals surface area contributed by atoms with Crippen LogP contribution in [-0.4, -0.2) is 29.6 Å². The topological polar surface area (TPSA) is 33.5 Å². The Morgan fingerprint density at radius 3 is 2.62 bits per heavy atom. The third-order valence-corrected chi connectivity index (χ3v) is 7.29. The lowest BCUT2D eigenvalue weighted by atomic mass is 9.77. The molecule has 1 aromatic carbocycles. The maximum Gasteiger partial charge on any atom is 0.233 e. The predicted molar refractivity (Wildman–Crippen MR) is 107 cm³/mol. The predicted octanol–water partition coefficient (Wildman–Crippen LogP) is 5.45. The fraction of sp³-hybridized carbons (Fsp3) is 0.476. The van der Waals surface area contributed by atoms with E-state index < -0.39 is 0 Å². The van der Waals surface area contributed by atoms with Crippen LogP contribution in [-0.2, 0) is 10.2 Å². The molecule has 1 saturated heterocycles. The number of carbonyl (C=O) groups excluding carboxylic acids is 1. The number of thioether (sulfide) groups is 1. The van der Waals surface area contributed by atoms with E-state index in [2.05, 4.69) is 4.90 Å². The zero-order chi connectivity index (χ0) is 18.0. The van der Waals surface area contributed by atoms with Crippen molar-refractivity contribution in [2.24, 2.45) is 0 Å². The molecule has 1 amide bonds. The molecule has 0 spiro atoms. The number of nitrogens with zero attached hydrogens (tertiary/aromatic N) is 1. The van der Waals surface area contributed by atoms with Crippen LogP contribution in [0.5, 0.6) is 0 Å². The summed E-state index contributed by atoms with van der Waals surface area (Å²) in [4.78, 5) is 15.7. The highest BCUT2D eigenvalue weighted by Gasteiger charge is 2.45. The second-order valence-corrected chi connectivity index (χ2v) is 9.00. The van der Waals surface area contributed by atoms with E-state index in [4.69, 9.17) is 16.0 Å². The van der Waals surface area contributed by atoms with E-state index in [1.54, 1.807) is 6.26 Å². The SMILES string of the molecule is O=C(N1CCS[C@H](c2ccco2)CC1)C1(c2ccc(Cl)cc2)CCCC1. The highest BCUT2D eigenvalue weighted by atomic mass is 35.5. The minimum absolute atomic E-state index is 0.304. The van der Waals surface area contributed by atoms with Gasteiger partial charge in [0.1, 0.15) is 5.76 Å². The van der Waals surface area contributed by atoms with E-state index in [1.807, 2.05) is 48.2 Å². The quantitative estimate of drug-likeness (QED) is 0.699. The summed E-state index contributed by atoms with van der Waals surface area (Å²) in [6.07, 6.45) is 6.80. The molecule has 26 heavy (non-hydrogen) atoms. The van der Waals surface area contributed by atoms with E-state index in [0.29, 0.717) is 11.2 Å². The Hall–Kier alpha value is -1.39. The molecule has 1 aromatic heterocycles. The molecule has 1 aliphatic carbocycles. The summed E-state index contributed by atoms with van der Waals surface area (Å²) < 4.78 is 5.59. The Bertz CT molecular complexity index is 738. The number of hydrogen-bond acceptors (Lipinski definition) is 3. The molecular formula is C21H24ClNO2S. The second kappa shape index (κ2) is 7.69. The highest BCUT2D eigenvalue weighted by molar-refractivity contribution is 7.99. The Labute approximate surface area is 164 Å². The molecule has 5 heteroatoms. The average molecular weight is 390 g/mol. The molecule has 2 heterocycles. The number of furan rings is 1. The van der Waals surface area contributed by atoms with Crippen LogP contribution in [0.1, 0.15) is 48.7 Å². The van der Waals surface area contributed by atoms with Crippen molar-refractivity contribution in [2.45, 2.75) is 42.8 Å². The van der Waals surface area contributed by atoms with Gasteiger partial charge in [-0.1, -0.05) is 36.6 Å². The summed E-state index contributed by atoms with van der Waals surface area (Å²) in [6.45, 7) is 1.61. The smallest absolute Gasteiger partial charge is 0.233 e. The third kappa shape index (κ3) is 3.41. The first-order valence-corrected chi connectivity index (χ1v) is 10.8. The van der Waals surface area contributed by atoms with E-state index in [1.165, 1.54) is 0 Å². The molecule has 1 atom stereocenters. The molecule has 2 fully saturated rings. The summed E-state index contributed by atoms with van der Waals surface area (Å²) >= 11 is 7.97. The minimum Gasteiger partial charge on any atom is -0.468 e. The molecule has 0 unspecified atom stereocenters. The van der Waals surface area contributed by atoms with Crippen LogP contribution < -0.4 is 0 Å². The van der Waals surface area contributed by atoms with Crippen molar-refractivity contribution in [3.05, 3.63) is 59.0 Å². The summed E-state index contributed by atoms with van der Waals surface area (Å²) in [6, 6.07) is 11.9. The average Bonchev–Trinajstić information content (AvgIpc) is 3.31. The first-order valence-electron chi connectivity index (χ1n) is 9.39. The highest BCUT2D eigenvalue weighted by Crippen LogP contribution is 2.44. The third-order valence-electron chi connectivity index (χ3n) is 5.75. The molecule has 0 radical (unpaired) electrons. The van der Waals surface area contributed by atoms with Gasteiger partial charge in [0.15, 0.2) is 0 Å². The van der Waals surface area contributed by atoms with Crippen molar-refractivity contribution in [1.29, 1.82) is 0 Å². The van der Waals surface area contributed by atoms with Crippen LogP contribution in [0.2, 0.25) is 5.02 Å². The van der Waals surface area contributed by atoms with Crippen LogP contribution in [0.4, 0.5) is 0 Å². The maximum absolute atomic E-state index is 13.6. The van der Waals surface area contributed by atoms with Gasteiger partial charge in [0.2, 0.25) is 5.91 Å². The minimum atomic E-state index is -0.361. The molecule has 4 rings (SSSR count). The number of amides is 1. The van der Waals surface area contributed by atoms with Crippen molar-refractivity contribution >= 4 is 29.3 Å². The van der Waals surface area contributed by atoms with Gasteiger partial charge >= 0.3 is 0 Å². The zero-order valence-corrected chi connectivity index (χ0v) is 16.4. The summed E-state index contributed by atoms with van der Waals surface area (Å²) in [5.41, 5.74) is 0.767. The van der Waals surface area contributed by atoms with E-state index in [9.17, 15) is 4.79 Å². The Morgan fingerprint density at radius 2 is 1.92 bits per heavy atom. The molecule has 0 bridgehead atoms. The van der Waals surface area contributed by atoms with Crippen LogP contribution in [0, 0.1) is 0 Å².